The molecule has 2 heterocycles. The molecule has 5 nitrogen and oxygen atoms in total. The lowest BCUT2D eigenvalue weighted by molar-refractivity contribution is 0.102. The van der Waals surface area contributed by atoms with Gasteiger partial charge in [0.25, 0.3) is 5.91 Å². The highest BCUT2D eigenvalue weighted by molar-refractivity contribution is 6.05. The number of benzene rings is 1. The number of halogens is 1. The zero-order chi connectivity index (χ0) is 14.1. The molecule has 2 aromatic heterocycles. The molecule has 0 aliphatic heterocycles. The number of fused-ring (bicyclic) bond motifs is 1. The van der Waals surface area contributed by atoms with Crippen LogP contribution < -0.4 is 11.1 Å². The molecular weight excluding hydrogens is 259 g/mol. The number of nitrogens with two attached hydrogens (primary N) is 1. The average molecular weight is 270 g/mol. The number of nitrogen functional groups attached to an aromatic ring is 1. The topological polar surface area (TPSA) is 83.8 Å². The average Bonchev–Trinajstić information content (AvgIpc) is 2.84. The van der Waals surface area contributed by atoms with Crippen LogP contribution in [-0.2, 0) is 0 Å². The van der Waals surface area contributed by atoms with E-state index in [0.29, 0.717) is 11.4 Å². The summed E-state index contributed by atoms with van der Waals surface area (Å²) in [6.45, 7) is 0. The molecule has 0 unspecified atom stereocenters. The number of aromatic nitrogens is 2. The minimum Gasteiger partial charge on any atom is -0.399 e. The Morgan fingerprint density at radius 1 is 1.25 bits per heavy atom. The molecule has 0 aliphatic carbocycles. The van der Waals surface area contributed by atoms with Crippen molar-refractivity contribution >= 4 is 28.3 Å². The number of nitrogens with zero attached hydrogens (tertiary/aromatic N) is 1. The molecule has 3 aromatic rings. The summed E-state index contributed by atoms with van der Waals surface area (Å²) in [5.74, 6) is -0.516. The van der Waals surface area contributed by atoms with Crippen LogP contribution in [0.5, 0.6) is 0 Å². The molecule has 1 amide bonds. The number of amides is 1. The number of nitrogens with one attached hydrogen (secondary N) is 2. The molecule has 0 saturated carbocycles. The van der Waals surface area contributed by atoms with Crippen molar-refractivity contribution in [2.75, 3.05) is 11.1 Å². The lowest BCUT2D eigenvalue weighted by Gasteiger charge is -2.01. The van der Waals surface area contributed by atoms with Crippen molar-refractivity contribution in [2.24, 2.45) is 0 Å². The number of rotatable bonds is 2. The number of H-pyrrole nitrogens is 1. The Kier molecular flexibility index (Phi) is 2.83. The van der Waals surface area contributed by atoms with Crippen molar-refractivity contribution in [3.63, 3.8) is 0 Å². The third-order valence-electron chi connectivity index (χ3n) is 2.86. The predicted molar refractivity (Wildman–Crippen MR) is 74.9 cm³/mol. The minimum absolute atomic E-state index is 0.287. The molecule has 0 atom stereocenters. The molecule has 0 aliphatic rings. The van der Waals surface area contributed by atoms with Crippen molar-refractivity contribution in [2.45, 2.75) is 0 Å². The zero-order valence-corrected chi connectivity index (χ0v) is 10.4. The molecule has 0 bridgehead atoms. The van der Waals surface area contributed by atoms with E-state index in [1.165, 1.54) is 12.1 Å². The van der Waals surface area contributed by atoms with Crippen LogP contribution in [0.2, 0.25) is 0 Å². The fourth-order valence-electron chi connectivity index (χ4n) is 1.91. The van der Waals surface area contributed by atoms with Gasteiger partial charge in [-0.25, -0.2) is 9.37 Å². The molecule has 0 saturated heterocycles. The number of hydrogen-bond acceptors (Lipinski definition) is 3. The molecule has 4 N–H and O–H groups in total. The van der Waals surface area contributed by atoms with Crippen LogP contribution in [-0.4, -0.2) is 15.9 Å². The Labute approximate surface area is 113 Å². The van der Waals surface area contributed by atoms with Gasteiger partial charge in [-0.05, 0) is 36.4 Å². The number of carbonyl (C=O) groups is 1. The van der Waals surface area contributed by atoms with E-state index in [2.05, 4.69) is 15.3 Å². The van der Waals surface area contributed by atoms with Gasteiger partial charge in [0.2, 0.25) is 0 Å². The maximum Gasteiger partial charge on any atom is 0.273 e. The highest BCUT2D eigenvalue weighted by atomic mass is 19.1. The van der Waals surface area contributed by atoms with E-state index in [1.807, 2.05) is 0 Å². The molecule has 3 rings (SSSR count). The maximum atomic E-state index is 12.7. The summed E-state index contributed by atoms with van der Waals surface area (Å²) in [5, 5.41) is 3.43. The summed E-state index contributed by atoms with van der Waals surface area (Å²) >= 11 is 0. The Hall–Kier alpha value is -2.89. The van der Waals surface area contributed by atoms with Crippen molar-refractivity contribution in [3.8, 4) is 0 Å². The Morgan fingerprint density at radius 3 is 2.85 bits per heavy atom. The van der Waals surface area contributed by atoms with Crippen LogP contribution >= 0.6 is 0 Å². The molecular formula is C14H11FN4O. The van der Waals surface area contributed by atoms with Crippen molar-refractivity contribution in [3.05, 3.63) is 54.1 Å². The summed E-state index contributed by atoms with van der Waals surface area (Å²) in [7, 11) is 0. The summed E-state index contributed by atoms with van der Waals surface area (Å²) in [5.41, 5.74) is 7.52. The Morgan fingerprint density at radius 2 is 2.10 bits per heavy atom. The Bertz CT molecular complexity index is 779. The highest BCUT2D eigenvalue weighted by Gasteiger charge is 2.10. The first-order valence-corrected chi connectivity index (χ1v) is 5.93. The van der Waals surface area contributed by atoms with E-state index in [-0.39, 0.29) is 11.7 Å². The van der Waals surface area contributed by atoms with Gasteiger partial charge in [-0.1, -0.05) is 0 Å². The summed E-state index contributed by atoms with van der Waals surface area (Å²) < 4.78 is 12.7. The number of pyridine rings is 1. The van der Waals surface area contributed by atoms with Crippen LogP contribution in [0.25, 0.3) is 10.9 Å². The molecule has 0 fully saturated rings. The molecule has 6 heteroatoms. The second-order valence-electron chi connectivity index (χ2n) is 4.35. The van der Waals surface area contributed by atoms with Crippen molar-refractivity contribution in [1.82, 2.24) is 9.97 Å². The maximum absolute atomic E-state index is 12.7. The van der Waals surface area contributed by atoms with E-state index in [0.717, 1.165) is 17.1 Å². The highest BCUT2D eigenvalue weighted by Crippen LogP contribution is 2.19. The number of carbonyl (C=O) groups excluding carboxylic acids is 1. The van der Waals surface area contributed by atoms with Crippen molar-refractivity contribution in [1.29, 1.82) is 0 Å². The first-order chi connectivity index (χ1) is 9.61. The largest absolute Gasteiger partial charge is 0.399 e. The van der Waals surface area contributed by atoms with E-state index >= 15 is 0 Å². The van der Waals surface area contributed by atoms with Gasteiger partial charge in [0.05, 0.1) is 6.20 Å². The number of hydrogen-bond donors (Lipinski definition) is 3. The van der Waals surface area contributed by atoms with Gasteiger partial charge in [0, 0.05) is 16.6 Å². The number of anilines is 2. The second kappa shape index (κ2) is 4.65. The summed E-state index contributed by atoms with van der Waals surface area (Å²) in [4.78, 5) is 18.8. The van der Waals surface area contributed by atoms with Gasteiger partial charge in [-0.3, -0.25) is 4.79 Å². The van der Waals surface area contributed by atoms with Crippen LogP contribution in [0.4, 0.5) is 15.9 Å². The van der Waals surface area contributed by atoms with Gasteiger partial charge < -0.3 is 16.0 Å². The van der Waals surface area contributed by atoms with Crippen LogP contribution in [0.15, 0.2) is 42.6 Å². The minimum atomic E-state index is -0.455. The first-order valence-electron chi connectivity index (χ1n) is 5.93. The zero-order valence-electron chi connectivity index (χ0n) is 10.4. The standard InChI is InChI=1S/C14H11FN4O/c15-9-1-4-13(17-7-9)19-14(20)12-6-8-5-10(16)2-3-11(8)18-12/h1-7,18H,16H2,(H,17,19,20). The lowest BCUT2D eigenvalue weighted by atomic mass is 10.2. The molecule has 100 valence electrons. The van der Waals surface area contributed by atoms with Crippen molar-refractivity contribution < 1.29 is 9.18 Å². The van der Waals surface area contributed by atoms with Crippen LogP contribution in [0.3, 0.4) is 0 Å². The summed E-state index contributed by atoms with van der Waals surface area (Å²) in [6, 6.07) is 9.66. The van der Waals surface area contributed by atoms with Gasteiger partial charge in [0.1, 0.15) is 17.3 Å². The fraction of sp³-hybridized carbons (Fsp3) is 0. The molecule has 20 heavy (non-hydrogen) atoms. The monoisotopic (exact) mass is 270 g/mol. The van der Waals surface area contributed by atoms with E-state index in [9.17, 15) is 9.18 Å². The smallest absolute Gasteiger partial charge is 0.273 e. The molecule has 0 radical (unpaired) electrons. The number of aromatic amines is 1. The van der Waals surface area contributed by atoms with Gasteiger partial charge in [-0.15, -0.1) is 0 Å². The van der Waals surface area contributed by atoms with Crippen LogP contribution in [0, 0.1) is 5.82 Å². The molecule has 0 spiro atoms. The van der Waals surface area contributed by atoms with E-state index in [1.54, 1.807) is 24.3 Å². The van der Waals surface area contributed by atoms with Gasteiger partial charge in [-0.2, -0.15) is 0 Å². The van der Waals surface area contributed by atoms with Gasteiger partial charge in [0.15, 0.2) is 0 Å². The second-order valence-corrected chi connectivity index (χ2v) is 4.35. The van der Waals surface area contributed by atoms with E-state index < -0.39 is 5.82 Å². The molecule has 1 aromatic carbocycles. The lowest BCUT2D eigenvalue weighted by Crippen LogP contribution is -2.13. The SMILES string of the molecule is Nc1ccc2[nH]c(C(=O)Nc3ccc(F)cn3)cc2c1. The predicted octanol–water partition coefficient (Wildman–Crippen LogP) is 2.54. The van der Waals surface area contributed by atoms with E-state index in [4.69, 9.17) is 5.73 Å². The fourth-order valence-corrected chi connectivity index (χ4v) is 1.91. The third kappa shape index (κ3) is 2.31. The quantitative estimate of drug-likeness (QED) is 0.626. The Balaban J connectivity index is 1.86. The third-order valence-corrected chi connectivity index (χ3v) is 2.86. The first kappa shape index (κ1) is 12.2. The normalized spacial score (nSPS) is 10.7. The van der Waals surface area contributed by atoms with Gasteiger partial charge >= 0.3 is 0 Å². The van der Waals surface area contributed by atoms with Crippen LogP contribution in [0.1, 0.15) is 10.5 Å². The summed E-state index contributed by atoms with van der Waals surface area (Å²) in [6.07, 6.45) is 1.04.